The Hall–Kier alpha value is -2.76. The minimum atomic E-state index is -1.38. The van der Waals surface area contributed by atoms with Gasteiger partial charge in [0, 0.05) is 23.7 Å². The number of aromatic nitrogens is 1. The lowest BCUT2D eigenvalue weighted by Crippen LogP contribution is -2.15. The average molecular weight is 416 g/mol. The number of carboxylic acids is 1. The summed E-state index contributed by atoms with van der Waals surface area (Å²) in [4.78, 5) is 17.6. The van der Waals surface area contributed by atoms with Gasteiger partial charge in [0.2, 0.25) is 5.88 Å². The van der Waals surface area contributed by atoms with Gasteiger partial charge < -0.3 is 15.1 Å². The topological polar surface area (TPSA) is 70.1 Å². The van der Waals surface area contributed by atoms with Crippen molar-refractivity contribution < 1.29 is 15.0 Å². The summed E-state index contributed by atoms with van der Waals surface area (Å²) < 4.78 is 1.36. The van der Waals surface area contributed by atoms with E-state index in [2.05, 4.69) is 15.5 Å². The number of thioether (sulfide) groups is 1. The van der Waals surface area contributed by atoms with Gasteiger partial charge in [0.25, 0.3) is 5.70 Å². The lowest BCUT2D eigenvalue weighted by molar-refractivity contribution is -0.132. The maximum Gasteiger partial charge on any atom is 0.335 e. The molecular weight excluding hydrogens is 402 g/mol. The SMILES string of the molecule is [C-]#[N+]C(=Cn1c(O)c(C=C=C2Sc3ccccc3N2CC)sc1=S)C(=O)O. The average Bonchev–Trinajstić information content (AvgIpc) is 3.14. The lowest BCUT2D eigenvalue weighted by atomic mass is 10.3. The van der Waals surface area contributed by atoms with Crippen molar-refractivity contribution in [2.45, 2.75) is 11.8 Å². The summed E-state index contributed by atoms with van der Waals surface area (Å²) >= 11 is 7.87. The van der Waals surface area contributed by atoms with Crippen LogP contribution in [-0.4, -0.2) is 27.3 Å². The number of hydrogen-bond acceptors (Lipinski definition) is 6. The fraction of sp³-hybridized carbons (Fsp3) is 0.111. The Kier molecular flexibility index (Phi) is 5.54. The highest BCUT2D eigenvalue weighted by Gasteiger charge is 2.23. The Bertz CT molecular complexity index is 1110. The number of thiazole rings is 1. The van der Waals surface area contributed by atoms with Crippen molar-refractivity contribution in [2.24, 2.45) is 0 Å². The van der Waals surface area contributed by atoms with E-state index < -0.39 is 11.7 Å². The highest BCUT2D eigenvalue weighted by molar-refractivity contribution is 8.03. The Balaban J connectivity index is 2.02. The van der Waals surface area contributed by atoms with Crippen LogP contribution in [-0.2, 0) is 4.79 Å². The van der Waals surface area contributed by atoms with Gasteiger partial charge in [-0.3, -0.25) is 9.36 Å². The van der Waals surface area contributed by atoms with Crippen molar-refractivity contribution in [3.05, 3.63) is 61.0 Å². The first kappa shape index (κ1) is 19.0. The molecule has 0 atom stereocenters. The summed E-state index contributed by atoms with van der Waals surface area (Å²) in [6.45, 7) is 9.73. The summed E-state index contributed by atoms with van der Waals surface area (Å²) in [5.74, 6) is -1.60. The molecule has 0 amide bonds. The van der Waals surface area contributed by atoms with Crippen LogP contribution in [0.2, 0.25) is 0 Å². The van der Waals surface area contributed by atoms with Gasteiger partial charge in [0.15, 0.2) is 3.95 Å². The van der Waals surface area contributed by atoms with Crippen LogP contribution in [0, 0.1) is 10.5 Å². The number of fused-ring (bicyclic) bond motifs is 1. The Morgan fingerprint density at radius 1 is 1.44 bits per heavy atom. The van der Waals surface area contributed by atoms with Gasteiger partial charge in [-0.2, -0.15) is 0 Å². The fourth-order valence-electron chi connectivity index (χ4n) is 2.44. The molecule has 0 saturated heterocycles. The van der Waals surface area contributed by atoms with Crippen LogP contribution in [0.3, 0.4) is 0 Å². The molecule has 136 valence electrons. The van der Waals surface area contributed by atoms with E-state index >= 15 is 0 Å². The number of para-hydroxylation sites is 1. The van der Waals surface area contributed by atoms with Gasteiger partial charge in [0.1, 0.15) is 5.03 Å². The van der Waals surface area contributed by atoms with Crippen LogP contribution in [0.1, 0.15) is 11.8 Å². The van der Waals surface area contributed by atoms with Gasteiger partial charge >= 0.3 is 5.97 Å². The first-order valence-corrected chi connectivity index (χ1v) is 9.78. The number of aromatic hydroxyl groups is 1. The van der Waals surface area contributed by atoms with Crippen molar-refractivity contribution in [3.8, 4) is 5.88 Å². The number of aliphatic carboxylic acids is 1. The quantitative estimate of drug-likeness (QED) is 0.321. The monoisotopic (exact) mass is 415 g/mol. The second-order valence-corrected chi connectivity index (χ2v) is 7.97. The number of anilines is 1. The molecule has 2 heterocycles. The zero-order valence-corrected chi connectivity index (χ0v) is 16.5. The van der Waals surface area contributed by atoms with Crippen LogP contribution in [0.25, 0.3) is 17.1 Å². The van der Waals surface area contributed by atoms with E-state index in [1.54, 1.807) is 17.8 Å². The molecule has 0 bridgehead atoms. The zero-order valence-electron chi connectivity index (χ0n) is 14.0. The molecule has 0 unspecified atom stereocenters. The third kappa shape index (κ3) is 3.70. The molecule has 0 spiro atoms. The number of rotatable bonds is 4. The first-order chi connectivity index (χ1) is 13.0. The summed E-state index contributed by atoms with van der Waals surface area (Å²) in [7, 11) is 0. The van der Waals surface area contributed by atoms with Crippen molar-refractivity contribution in [1.29, 1.82) is 0 Å². The maximum atomic E-state index is 11.0. The van der Waals surface area contributed by atoms with Gasteiger partial charge in [-0.05, 0) is 31.3 Å². The summed E-state index contributed by atoms with van der Waals surface area (Å²) in [5.41, 5.74) is 3.77. The van der Waals surface area contributed by atoms with Gasteiger partial charge in [-0.25, -0.2) is 4.85 Å². The summed E-state index contributed by atoms with van der Waals surface area (Å²) in [6, 6.07) is 8.04. The largest absolute Gasteiger partial charge is 0.493 e. The molecule has 1 aliphatic rings. The molecule has 3 rings (SSSR count). The predicted molar refractivity (Wildman–Crippen MR) is 110 cm³/mol. The molecule has 2 N–H and O–H groups in total. The summed E-state index contributed by atoms with van der Waals surface area (Å²) in [5, 5.41) is 20.2. The van der Waals surface area contributed by atoms with E-state index in [1.165, 1.54) is 0 Å². The van der Waals surface area contributed by atoms with Gasteiger partial charge in [-0.1, -0.05) is 29.6 Å². The van der Waals surface area contributed by atoms with Crippen LogP contribution >= 0.6 is 35.3 Å². The number of hydrogen-bond donors (Lipinski definition) is 2. The second kappa shape index (κ2) is 7.86. The molecule has 0 saturated carbocycles. The minimum absolute atomic E-state index is 0.218. The number of carbonyl (C=O) groups is 1. The molecule has 1 aromatic heterocycles. The van der Waals surface area contributed by atoms with Crippen LogP contribution < -0.4 is 4.90 Å². The molecule has 0 radical (unpaired) electrons. The predicted octanol–water partition coefficient (Wildman–Crippen LogP) is 4.87. The zero-order chi connectivity index (χ0) is 19.6. The molecule has 1 aromatic carbocycles. The van der Waals surface area contributed by atoms with Gasteiger partial charge in [-0.15, -0.1) is 11.3 Å². The highest BCUT2D eigenvalue weighted by Crippen LogP contribution is 2.45. The smallest absolute Gasteiger partial charge is 0.335 e. The van der Waals surface area contributed by atoms with Crippen LogP contribution in [0.15, 0.2) is 45.6 Å². The standard InChI is InChI=1S/C18H13N3O3S3/c1-3-20-12-6-4-5-7-13(12)26-15(20)9-8-14-16(22)21(18(25)27-14)10-11(19-2)17(23)24/h4-8,10,22H,3H2,1H3,(H,23,24). The van der Waals surface area contributed by atoms with E-state index in [0.717, 1.165) is 44.3 Å². The van der Waals surface area contributed by atoms with Crippen LogP contribution in [0.4, 0.5) is 5.69 Å². The third-order valence-electron chi connectivity index (χ3n) is 3.68. The Labute approximate surface area is 168 Å². The minimum Gasteiger partial charge on any atom is -0.493 e. The molecule has 1 aliphatic heterocycles. The van der Waals surface area contributed by atoms with E-state index in [0.29, 0.717) is 4.88 Å². The molecular formula is C18H13N3O3S3. The van der Waals surface area contributed by atoms with Crippen molar-refractivity contribution in [2.75, 3.05) is 11.4 Å². The Morgan fingerprint density at radius 2 is 2.19 bits per heavy atom. The van der Waals surface area contributed by atoms with Gasteiger partial charge in [0.05, 0.1) is 17.1 Å². The highest BCUT2D eigenvalue weighted by atomic mass is 32.2. The van der Waals surface area contributed by atoms with E-state index in [1.807, 2.05) is 31.2 Å². The lowest BCUT2D eigenvalue weighted by Gasteiger charge is -2.15. The molecule has 0 fully saturated rings. The maximum absolute atomic E-state index is 11.0. The molecule has 6 nitrogen and oxygen atoms in total. The number of benzene rings is 1. The first-order valence-electron chi connectivity index (χ1n) is 7.74. The van der Waals surface area contributed by atoms with E-state index in [-0.39, 0.29) is 9.83 Å². The Morgan fingerprint density at radius 3 is 2.85 bits per heavy atom. The van der Waals surface area contributed by atoms with E-state index in [4.69, 9.17) is 23.9 Å². The van der Waals surface area contributed by atoms with Crippen molar-refractivity contribution >= 4 is 59.2 Å². The number of carboxylic acid groups (broad SMARTS) is 1. The fourth-order valence-corrected chi connectivity index (χ4v) is 4.67. The number of nitrogens with zero attached hydrogens (tertiary/aromatic N) is 3. The van der Waals surface area contributed by atoms with Crippen molar-refractivity contribution in [3.63, 3.8) is 0 Å². The molecule has 0 aliphatic carbocycles. The normalized spacial score (nSPS) is 13.1. The molecule has 27 heavy (non-hydrogen) atoms. The van der Waals surface area contributed by atoms with Crippen LogP contribution in [0.5, 0.6) is 5.88 Å². The van der Waals surface area contributed by atoms with Crippen molar-refractivity contribution in [1.82, 2.24) is 4.57 Å². The second-order valence-electron chi connectivity index (χ2n) is 5.26. The summed E-state index contributed by atoms with van der Waals surface area (Å²) in [6.07, 6.45) is 2.64. The third-order valence-corrected chi connectivity index (χ3v) is 6.12. The van der Waals surface area contributed by atoms with E-state index in [9.17, 15) is 9.90 Å². The molecule has 2 aromatic rings. The molecule has 9 heteroatoms.